The van der Waals surface area contributed by atoms with Gasteiger partial charge in [-0.1, -0.05) is 0 Å². The molecule has 5 atom stereocenters. The van der Waals surface area contributed by atoms with Crippen molar-refractivity contribution in [1.82, 2.24) is 0 Å². The molecule has 0 aromatic heterocycles. The van der Waals surface area contributed by atoms with Gasteiger partial charge in [0.2, 0.25) is 0 Å². The van der Waals surface area contributed by atoms with Crippen LogP contribution in [0.4, 0.5) is 0 Å². The van der Waals surface area contributed by atoms with Gasteiger partial charge in [-0.05, 0) is 0 Å². The largest absolute Gasteiger partial charge is 0.387 e. The Morgan fingerprint density at radius 2 is 1.85 bits per heavy atom. The standard InChI is InChI=1S/C7H12O6/c1-12-7-6(11)5(10)4(9)3(2-8)13-7/h2-7,9-11H,1H3/t3-,4-,5+,6-,7?/m1/s1. The predicted molar refractivity (Wildman–Crippen MR) is 39.8 cm³/mol. The molecule has 1 saturated heterocycles. The van der Waals surface area contributed by atoms with E-state index in [0.29, 0.717) is 6.29 Å². The summed E-state index contributed by atoms with van der Waals surface area (Å²) in [5, 5.41) is 27.7. The Hall–Kier alpha value is -0.530. The number of aliphatic hydroxyl groups is 3. The van der Waals surface area contributed by atoms with E-state index in [1.807, 2.05) is 0 Å². The first-order valence-electron chi connectivity index (χ1n) is 3.79. The number of aldehydes is 1. The van der Waals surface area contributed by atoms with Crippen LogP contribution in [-0.2, 0) is 14.3 Å². The maximum Gasteiger partial charge on any atom is 0.186 e. The smallest absolute Gasteiger partial charge is 0.186 e. The molecule has 1 fully saturated rings. The van der Waals surface area contributed by atoms with Gasteiger partial charge in [0.05, 0.1) is 0 Å². The molecule has 76 valence electrons. The molecule has 0 saturated carbocycles. The zero-order chi connectivity index (χ0) is 10.0. The molecule has 0 spiro atoms. The molecule has 1 unspecified atom stereocenters. The lowest BCUT2D eigenvalue weighted by molar-refractivity contribution is -0.280. The maximum absolute atomic E-state index is 10.4. The molecular formula is C7H12O6. The lowest BCUT2D eigenvalue weighted by Gasteiger charge is -2.37. The van der Waals surface area contributed by atoms with E-state index >= 15 is 0 Å². The summed E-state index contributed by atoms with van der Waals surface area (Å²) in [5.41, 5.74) is 0. The summed E-state index contributed by atoms with van der Waals surface area (Å²) in [7, 11) is 1.26. The van der Waals surface area contributed by atoms with Crippen molar-refractivity contribution in [3.63, 3.8) is 0 Å². The molecule has 6 nitrogen and oxygen atoms in total. The minimum absolute atomic E-state index is 0.353. The highest BCUT2D eigenvalue weighted by atomic mass is 16.7. The molecule has 0 radical (unpaired) electrons. The molecule has 0 amide bonds. The first kappa shape index (κ1) is 10.6. The van der Waals surface area contributed by atoms with Gasteiger partial charge in [-0.2, -0.15) is 0 Å². The molecule has 1 rings (SSSR count). The molecule has 3 N–H and O–H groups in total. The SMILES string of the molecule is COC1O[C@H](C=O)[C@@H](O)[C@H](O)[C@H]1O. The first-order chi connectivity index (χ1) is 6.11. The Labute approximate surface area is 74.7 Å². The van der Waals surface area contributed by atoms with Gasteiger partial charge >= 0.3 is 0 Å². The maximum atomic E-state index is 10.4. The van der Waals surface area contributed by atoms with E-state index in [0.717, 1.165) is 0 Å². The fourth-order valence-corrected chi connectivity index (χ4v) is 1.18. The second kappa shape index (κ2) is 4.12. The lowest BCUT2D eigenvalue weighted by atomic mass is 10.00. The first-order valence-corrected chi connectivity index (χ1v) is 3.79. The summed E-state index contributed by atoms with van der Waals surface area (Å²) >= 11 is 0. The second-order valence-corrected chi connectivity index (χ2v) is 2.81. The molecule has 0 aromatic rings. The molecule has 6 heteroatoms. The Bertz CT molecular complexity index is 182. The normalized spacial score (nSPS) is 46.0. The zero-order valence-electron chi connectivity index (χ0n) is 7.03. The highest BCUT2D eigenvalue weighted by Crippen LogP contribution is 2.20. The van der Waals surface area contributed by atoms with Gasteiger partial charge in [-0.25, -0.2) is 0 Å². The van der Waals surface area contributed by atoms with E-state index in [1.165, 1.54) is 7.11 Å². The van der Waals surface area contributed by atoms with E-state index in [2.05, 4.69) is 4.74 Å². The van der Waals surface area contributed by atoms with Crippen LogP contribution in [0.15, 0.2) is 0 Å². The monoisotopic (exact) mass is 192 g/mol. The summed E-state index contributed by atoms with van der Waals surface area (Å²) in [6.45, 7) is 0. The summed E-state index contributed by atoms with van der Waals surface area (Å²) in [6, 6.07) is 0. The lowest BCUT2D eigenvalue weighted by Crippen LogP contribution is -2.58. The third-order valence-corrected chi connectivity index (χ3v) is 1.97. The van der Waals surface area contributed by atoms with Crippen LogP contribution in [0, 0.1) is 0 Å². The van der Waals surface area contributed by atoms with Crippen molar-refractivity contribution in [3.05, 3.63) is 0 Å². The molecule has 1 aliphatic heterocycles. The minimum Gasteiger partial charge on any atom is -0.387 e. The average molecular weight is 192 g/mol. The van der Waals surface area contributed by atoms with Crippen molar-refractivity contribution in [2.24, 2.45) is 0 Å². The minimum atomic E-state index is -1.44. The van der Waals surface area contributed by atoms with Gasteiger partial charge in [0.1, 0.15) is 24.4 Å². The van der Waals surface area contributed by atoms with Crippen LogP contribution in [0.2, 0.25) is 0 Å². The number of hydrogen-bond donors (Lipinski definition) is 3. The fourth-order valence-electron chi connectivity index (χ4n) is 1.18. The van der Waals surface area contributed by atoms with Crippen LogP contribution in [0.1, 0.15) is 0 Å². The van der Waals surface area contributed by atoms with E-state index in [9.17, 15) is 20.1 Å². The number of ether oxygens (including phenoxy) is 2. The van der Waals surface area contributed by atoms with Crippen molar-refractivity contribution < 1.29 is 29.6 Å². The van der Waals surface area contributed by atoms with E-state index in [-0.39, 0.29) is 0 Å². The molecular weight excluding hydrogens is 180 g/mol. The third-order valence-electron chi connectivity index (χ3n) is 1.97. The summed E-state index contributed by atoms with van der Waals surface area (Å²) in [5.74, 6) is 0. The van der Waals surface area contributed by atoms with Crippen molar-refractivity contribution >= 4 is 6.29 Å². The third kappa shape index (κ3) is 1.87. The molecule has 13 heavy (non-hydrogen) atoms. The second-order valence-electron chi connectivity index (χ2n) is 2.81. The van der Waals surface area contributed by atoms with Crippen molar-refractivity contribution in [1.29, 1.82) is 0 Å². The number of carbonyl (C=O) groups excluding carboxylic acids is 1. The van der Waals surface area contributed by atoms with Crippen LogP contribution in [-0.4, -0.2) is 59.4 Å². The summed E-state index contributed by atoms with van der Waals surface area (Å²) in [4.78, 5) is 10.4. The Morgan fingerprint density at radius 1 is 1.23 bits per heavy atom. The van der Waals surface area contributed by atoms with Crippen molar-refractivity contribution in [2.75, 3.05) is 7.11 Å². The quantitative estimate of drug-likeness (QED) is 0.423. The number of methoxy groups -OCH3 is 1. The van der Waals surface area contributed by atoms with E-state index < -0.39 is 30.7 Å². The average Bonchev–Trinajstić information content (AvgIpc) is 2.15. The summed E-state index contributed by atoms with van der Waals surface area (Å²) < 4.78 is 9.48. The van der Waals surface area contributed by atoms with E-state index in [4.69, 9.17) is 4.74 Å². The number of carbonyl (C=O) groups is 1. The van der Waals surface area contributed by atoms with Gasteiger partial charge < -0.3 is 29.6 Å². The van der Waals surface area contributed by atoms with Crippen LogP contribution in [0.25, 0.3) is 0 Å². The summed E-state index contributed by atoms with van der Waals surface area (Å²) in [6.07, 6.45) is -6.10. The number of hydrogen-bond acceptors (Lipinski definition) is 6. The van der Waals surface area contributed by atoms with Gasteiger partial charge in [-0.3, -0.25) is 0 Å². The van der Waals surface area contributed by atoms with Gasteiger partial charge in [0, 0.05) is 7.11 Å². The highest BCUT2D eigenvalue weighted by molar-refractivity contribution is 5.57. The molecule has 0 aromatic carbocycles. The molecule has 1 aliphatic rings. The Morgan fingerprint density at radius 3 is 2.31 bits per heavy atom. The predicted octanol–water partition coefficient (Wildman–Crippen LogP) is -2.36. The molecule has 0 aliphatic carbocycles. The molecule has 1 heterocycles. The van der Waals surface area contributed by atoms with Crippen molar-refractivity contribution in [3.8, 4) is 0 Å². The van der Waals surface area contributed by atoms with Crippen LogP contribution >= 0.6 is 0 Å². The van der Waals surface area contributed by atoms with E-state index in [1.54, 1.807) is 0 Å². The van der Waals surface area contributed by atoms with Gasteiger partial charge in [0.15, 0.2) is 12.6 Å². The number of aliphatic hydroxyl groups excluding tert-OH is 3. The van der Waals surface area contributed by atoms with Crippen molar-refractivity contribution in [2.45, 2.75) is 30.7 Å². The van der Waals surface area contributed by atoms with Gasteiger partial charge in [0.25, 0.3) is 0 Å². The van der Waals surface area contributed by atoms with Crippen LogP contribution in [0.5, 0.6) is 0 Å². The molecule has 0 bridgehead atoms. The Balaban J connectivity index is 2.71. The number of rotatable bonds is 2. The highest BCUT2D eigenvalue weighted by Gasteiger charge is 2.43. The van der Waals surface area contributed by atoms with Crippen LogP contribution in [0.3, 0.4) is 0 Å². The topological polar surface area (TPSA) is 96.2 Å². The Kier molecular flexibility index (Phi) is 3.34. The zero-order valence-corrected chi connectivity index (χ0v) is 7.03. The van der Waals surface area contributed by atoms with Gasteiger partial charge in [-0.15, -0.1) is 0 Å². The van der Waals surface area contributed by atoms with Crippen LogP contribution < -0.4 is 0 Å². The fraction of sp³-hybridized carbons (Fsp3) is 0.857.